The van der Waals surface area contributed by atoms with Crippen molar-refractivity contribution in [1.82, 2.24) is 0 Å². The molecular formula is C97H168O19S7. The summed E-state index contributed by atoms with van der Waals surface area (Å²) in [4.78, 5) is 80.0. The van der Waals surface area contributed by atoms with E-state index in [1.54, 1.807) is 0 Å². The minimum absolute atomic E-state index is 0.00962. The number of hydrogen-bond acceptors (Lipinski definition) is 25. The number of esters is 6. The monoisotopic (exact) mass is 1860 g/mol. The Morgan fingerprint density at radius 1 is 0.415 bits per heavy atom. The molecule has 16 aliphatic rings. The van der Waals surface area contributed by atoms with Gasteiger partial charge in [-0.3, -0.25) is 28.8 Å². The highest BCUT2D eigenvalue weighted by molar-refractivity contribution is 7.96. The maximum atomic E-state index is 12.1. The molecule has 0 heterocycles. The van der Waals surface area contributed by atoms with Crippen LogP contribution in [-0.2, 0) is 71.4 Å². The van der Waals surface area contributed by atoms with Crippen molar-refractivity contribution in [3.63, 3.8) is 0 Å². The predicted molar refractivity (Wildman–Crippen MR) is 510 cm³/mol. The second-order valence-electron chi connectivity index (χ2n) is 44.0. The highest BCUT2D eigenvalue weighted by Gasteiger charge is 2.67. The molecule has 16 aliphatic carbocycles. The number of carbonyl (C=O) groups excluding carboxylic acids is 7. The van der Waals surface area contributed by atoms with Crippen LogP contribution in [0, 0.1) is 99.1 Å². The molecule has 0 aliphatic heterocycles. The van der Waals surface area contributed by atoms with Crippen molar-refractivity contribution in [1.29, 1.82) is 0 Å². The van der Waals surface area contributed by atoms with Crippen molar-refractivity contribution < 1.29 is 91.5 Å². The highest BCUT2D eigenvalue weighted by Crippen LogP contribution is 2.71. The van der Waals surface area contributed by atoms with Gasteiger partial charge in [0.25, 0.3) is 0 Å². The molecular weight excluding hydrogens is 1690 g/mol. The first-order valence-electron chi connectivity index (χ1n) is 47.6. The highest BCUT2D eigenvalue weighted by atomic mass is 32.1. The fourth-order valence-corrected chi connectivity index (χ4v) is 26.5. The molecule has 16 saturated carbocycles. The van der Waals surface area contributed by atoms with E-state index in [2.05, 4.69) is 137 Å². The van der Waals surface area contributed by atoms with Crippen molar-refractivity contribution in [2.75, 3.05) is 48.1 Å². The topological polar surface area (TPSA) is 263 Å². The maximum Gasteiger partial charge on any atom is 0.364 e. The largest absolute Gasteiger partial charge is 0.459 e. The third-order valence-electron chi connectivity index (χ3n) is 31.7. The molecule has 16 rings (SSSR count). The third-order valence-corrected chi connectivity index (χ3v) is 33.2. The van der Waals surface area contributed by atoms with Gasteiger partial charge in [0.05, 0.1) is 67.5 Å². The summed E-state index contributed by atoms with van der Waals surface area (Å²) in [7, 11) is 0. The summed E-state index contributed by atoms with van der Waals surface area (Å²) < 4.78 is 49.7. The number of carbonyl (C=O) groups is 7. The van der Waals surface area contributed by atoms with Crippen molar-refractivity contribution in [3.8, 4) is 0 Å². The number of thiol groups is 7. The summed E-state index contributed by atoms with van der Waals surface area (Å²) >= 11 is 28.0. The van der Waals surface area contributed by atoms with Gasteiger partial charge >= 0.3 is 41.1 Å². The van der Waals surface area contributed by atoms with Gasteiger partial charge in [-0.15, -0.1) is 0 Å². The molecule has 16 fully saturated rings. The molecule has 0 radical (unpaired) electrons. The Hall–Kier alpha value is -1.46. The molecule has 0 spiro atoms. The fraction of sp³-hybridized carbons (Fsp3) is 0.928. The average molecular weight is 1860 g/mol. The van der Waals surface area contributed by atoms with E-state index in [0.717, 1.165) is 131 Å². The van der Waals surface area contributed by atoms with E-state index >= 15 is 0 Å². The quantitative estimate of drug-likeness (QED) is 0.0144. The van der Waals surface area contributed by atoms with Gasteiger partial charge < -0.3 is 58.0 Å². The summed E-state index contributed by atoms with van der Waals surface area (Å²) in [5.41, 5.74) is -3.41. The van der Waals surface area contributed by atoms with Gasteiger partial charge in [0.1, 0.15) is 28.0 Å². The van der Waals surface area contributed by atoms with E-state index in [-0.39, 0.29) is 88.6 Å². The second kappa shape index (κ2) is 47.9. The summed E-state index contributed by atoms with van der Waals surface area (Å²) in [5, 5.41) is 30.3. The van der Waals surface area contributed by atoms with Crippen LogP contribution in [0.25, 0.3) is 0 Å². The molecule has 0 aromatic carbocycles. The normalized spacial score (nSPS) is 34.2. The van der Waals surface area contributed by atoms with E-state index in [1.165, 1.54) is 109 Å². The third kappa shape index (κ3) is 32.4. The van der Waals surface area contributed by atoms with Crippen LogP contribution < -0.4 is 0 Å². The van der Waals surface area contributed by atoms with Crippen LogP contribution in [0.15, 0.2) is 0 Å². The van der Waals surface area contributed by atoms with E-state index in [0.29, 0.717) is 133 Å². The standard InChI is InChI=1S/C19H32O3S.C15H28O3S.C14H22O3S.C14H26O3S.C14H22O2S.C11H20O3S.C10H18O2S/c1-16(2,21)18-8-13-7-14(9-18)11-19(10-13,12-18)17(3,4)22-15(20)5-6-23;1-14(2,17)11-5-7-12(8-6-11)15(3,4)18-13(16)9-10-19;15-13(1-2-18)16-8-17-14-11-4-9-3-10(6-11)7-12(14)5-9;1-10(2)12-5-4-11(3)8-13(12)16-9-17-14(15)6-7-18;1-13(2,16-12(15)17)14-6-9-3-10(7-14)5-11(4-9)8-14;1-10(13)4-6-11(2,7-5-10)14-9(12)3-8-15;1-10(6-3-2-4-7-10)12-9(11)5-8-13/h13-14,21,23H,5-12H2,1-4H3;11-12,17,19H,5-10H2,1-4H3;9-12,14,18H,1-8H2;10-13,18H,4-9H2,1-3H3;9-11H,3-8H2,1-2H3,(H,15,17);13,15H,3-8H2,1-2H3;13H,2-8H2,1H3. The van der Waals surface area contributed by atoms with Gasteiger partial charge in [0.2, 0.25) is 0 Å². The predicted octanol–water partition coefficient (Wildman–Crippen LogP) is 21.7. The summed E-state index contributed by atoms with van der Waals surface area (Å²) in [6.45, 7) is 32.9. The average Bonchev–Trinajstić information content (AvgIpc) is 0.695. The molecule has 0 amide bonds. The molecule has 0 aromatic heterocycles. The van der Waals surface area contributed by atoms with Crippen LogP contribution in [0.4, 0.5) is 4.79 Å². The molecule has 5 atom stereocenters. The Balaban J connectivity index is 0.000000198. The maximum absolute atomic E-state index is 12.1. The lowest BCUT2D eigenvalue weighted by Gasteiger charge is -2.68. The molecule has 12 bridgehead atoms. The van der Waals surface area contributed by atoms with Gasteiger partial charge in [0, 0.05) is 45.3 Å². The van der Waals surface area contributed by atoms with Crippen molar-refractivity contribution in [3.05, 3.63) is 0 Å². The first kappa shape index (κ1) is 109. The number of rotatable bonds is 29. The zero-order valence-electron chi connectivity index (χ0n) is 78.5. The van der Waals surface area contributed by atoms with Crippen LogP contribution in [0.5, 0.6) is 0 Å². The lowest BCUT2D eigenvalue weighted by Crippen LogP contribution is -2.65. The molecule has 26 heteroatoms. The Kier molecular flexibility index (Phi) is 42.3. The van der Waals surface area contributed by atoms with E-state index in [9.17, 15) is 48.9 Å². The Morgan fingerprint density at radius 3 is 1.23 bits per heavy atom. The summed E-state index contributed by atoms with van der Waals surface area (Å²) in [6, 6.07) is 0. The van der Waals surface area contributed by atoms with Crippen molar-refractivity contribution in [2.24, 2.45) is 99.1 Å². The summed E-state index contributed by atoms with van der Waals surface area (Å²) in [6.07, 6.45) is 40.6. The van der Waals surface area contributed by atoms with Gasteiger partial charge in [-0.05, 0) is 377 Å². The van der Waals surface area contributed by atoms with Crippen LogP contribution >= 0.6 is 88.4 Å². The minimum atomic E-state index is -0.665. The Bertz CT molecular complexity index is 3210. The smallest absolute Gasteiger partial charge is 0.364 e. The second-order valence-corrected chi connectivity index (χ2v) is 47.1. The Labute approximate surface area is 780 Å². The van der Waals surface area contributed by atoms with Crippen LogP contribution in [-0.4, -0.2) is 162 Å². The zero-order valence-corrected chi connectivity index (χ0v) is 84.7. The molecule has 123 heavy (non-hydrogen) atoms. The molecule has 712 valence electrons. The Morgan fingerprint density at radius 2 is 0.797 bits per heavy atom. The first-order chi connectivity index (χ1) is 57.4. The van der Waals surface area contributed by atoms with Crippen LogP contribution in [0.3, 0.4) is 0 Å². The summed E-state index contributed by atoms with van der Waals surface area (Å²) in [5.74, 6) is 12.2. The van der Waals surface area contributed by atoms with Crippen LogP contribution in [0.2, 0.25) is 0 Å². The molecule has 0 saturated heterocycles. The lowest BCUT2D eigenvalue weighted by molar-refractivity contribution is -0.244. The zero-order chi connectivity index (χ0) is 91.4. The molecule has 5 unspecified atom stereocenters. The van der Waals surface area contributed by atoms with Crippen LogP contribution in [0.1, 0.15) is 361 Å². The van der Waals surface area contributed by atoms with Gasteiger partial charge in [0.15, 0.2) is 13.6 Å². The minimum Gasteiger partial charge on any atom is -0.459 e. The molecule has 0 aromatic rings. The number of ether oxygens (including phenoxy) is 9. The van der Waals surface area contributed by atoms with Gasteiger partial charge in [-0.2, -0.15) is 75.8 Å². The van der Waals surface area contributed by atoms with E-state index in [4.69, 9.17) is 42.6 Å². The lowest BCUT2D eigenvalue weighted by atomic mass is 9.38. The fourth-order valence-electron chi connectivity index (χ4n) is 25.2. The van der Waals surface area contributed by atoms with Gasteiger partial charge in [-0.1, -0.05) is 46.2 Å². The number of hydrogen-bond donors (Lipinski definition) is 10. The number of aliphatic hydroxyl groups is 3. The van der Waals surface area contributed by atoms with Crippen molar-refractivity contribution >= 4 is 130 Å². The van der Waals surface area contributed by atoms with E-state index in [1.807, 2.05) is 62.3 Å². The SMILES string of the molecule is CC(C)(O)C12CC3CC(C1)CC(C(C)(C)OC(=O)CCS)(C3)C2.CC(C)(O)C1CCC(C(C)(C)OC(=O)CCS)CC1.CC(C)(OC(=O)S)C12CC3CC(CC(C3)C1)C2.CC1(O)CCC(C)(OC(=O)CCS)CC1.CC1(OC(=O)CCS)CCCCC1.CC1CCC(C(C)C)C(OCOC(=O)CCS)C1.O=C(CCS)OCOC1C2CC3CC(C2)CC1C3. The van der Waals surface area contributed by atoms with E-state index < -0.39 is 33.3 Å². The molecule has 19 nitrogen and oxygen atoms in total. The molecule has 3 N–H and O–H groups in total. The van der Waals surface area contributed by atoms with Crippen molar-refractivity contribution in [2.45, 2.75) is 418 Å². The van der Waals surface area contributed by atoms with Gasteiger partial charge in [-0.25, -0.2) is 4.79 Å². The first-order valence-corrected chi connectivity index (χ1v) is 51.8.